The van der Waals surface area contributed by atoms with E-state index in [0.717, 1.165) is 0 Å². The van der Waals surface area contributed by atoms with Crippen LogP contribution in [0.1, 0.15) is 10.4 Å². The van der Waals surface area contributed by atoms with Crippen LogP contribution in [0.3, 0.4) is 0 Å². The Hall–Kier alpha value is -4.34. The molecule has 0 bridgehead atoms. The SMILES string of the molecule is Cn1cnc2c(c(-c3cc(Cl)c(O)c(C(N)=O)c3)cn2CC(=O)Nc2cc(N3CCOC(C(F)(F)F)C3)ncc2Cl)c1=O. The fourth-order valence-corrected chi connectivity index (χ4v) is 5.01. The van der Waals surface area contributed by atoms with E-state index < -0.39 is 41.9 Å². The zero-order chi connectivity index (χ0) is 31.2. The minimum atomic E-state index is -4.55. The van der Waals surface area contributed by atoms with Gasteiger partial charge in [-0.2, -0.15) is 13.2 Å². The molecule has 4 aromatic rings. The van der Waals surface area contributed by atoms with Crippen molar-refractivity contribution in [2.24, 2.45) is 12.8 Å². The molecule has 1 saturated heterocycles. The van der Waals surface area contributed by atoms with Gasteiger partial charge >= 0.3 is 6.18 Å². The Morgan fingerprint density at radius 3 is 2.65 bits per heavy atom. The number of hydrogen-bond donors (Lipinski definition) is 3. The van der Waals surface area contributed by atoms with Gasteiger partial charge in [0.15, 0.2) is 6.10 Å². The fourth-order valence-electron chi connectivity index (χ4n) is 4.64. The van der Waals surface area contributed by atoms with Crippen molar-refractivity contribution >= 4 is 57.6 Å². The molecule has 0 radical (unpaired) electrons. The van der Waals surface area contributed by atoms with Gasteiger partial charge in [0.05, 0.1) is 52.4 Å². The van der Waals surface area contributed by atoms with Crippen LogP contribution in [0.15, 0.2) is 41.7 Å². The van der Waals surface area contributed by atoms with Crippen LogP contribution in [0.4, 0.5) is 24.7 Å². The Morgan fingerprint density at radius 2 is 1.95 bits per heavy atom. The van der Waals surface area contributed by atoms with Crippen LogP contribution in [-0.2, 0) is 23.1 Å². The Kier molecular flexibility index (Phi) is 7.98. The zero-order valence-corrected chi connectivity index (χ0v) is 23.7. The van der Waals surface area contributed by atoms with Gasteiger partial charge in [-0.25, -0.2) is 9.97 Å². The van der Waals surface area contributed by atoms with E-state index in [2.05, 4.69) is 15.3 Å². The molecule has 4 heterocycles. The average molecular weight is 640 g/mol. The molecule has 0 spiro atoms. The summed E-state index contributed by atoms with van der Waals surface area (Å²) in [5.74, 6) is -1.92. The third-order valence-corrected chi connectivity index (χ3v) is 7.35. The molecular weight excluding hydrogens is 618 g/mol. The number of fused-ring (bicyclic) bond motifs is 1. The molecule has 1 aliphatic rings. The first kappa shape index (κ1) is 30.1. The van der Waals surface area contributed by atoms with E-state index in [0.29, 0.717) is 0 Å². The number of amides is 2. The molecule has 226 valence electrons. The number of nitrogens with one attached hydrogen (secondary N) is 1. The zero-order valence-electron chi connectivity index (χ0n) is 22.2. The van der Waals surface area contributed by atoms with Crippen molar-refractivity contribution in [2.45, 2.75) is 18.8 Å². The number of aromatic nitrogens is 4. The Labute approximate surface area is 250 Å². The van der Waals surface area contributed by atoms with Gasteiger partial charge in [0.25, 0.3) is 11.5 Å². The number of hydrogen-bond acceptors (Lipinski definition) is 8. The second-order valence-electron chi connectivity index (χ2n) is 9.67. The number of nitrogens with two attached hydrogens (primary N) is 1. The number of morpholine rings is 1. The van der Waals surface area contributed by atoms with Crippen LogP contribution >= 0.6 is 23.2 Å². The average Bonchev–Trinajstić information content (AvgIpc) is 3.31. The molecular formula is C26H22Cl2F3N7O5. The minimum absolute atomic E-state index is 0.0421. The highest BCUT2D eigenvalue weighted by molar-refractivity contribution is 6.34. The lowest BCUT2D eigenvalue weighted by Crippen LogP contribution is -2.49. The minimum Gasteiger partial charge on any atom is -0.506 e. The van der Waals surface area contributed by atoms with Crippen LogP contribution in [0, 0.1) is 0 Å². The lowest BCUT2D eigenvalue weighted by molar-refractivity contribution is -0.221. The van der Waals surface area contributed by atoms with E-state index >= 15 is 0 Å². The molecule has 0 aliphatic carbocycles. The fraction of sp³-hybridized carbons (Fsp3) is 0.269. The first-order valence-electron chi connectivity index (χ1n) is 12.5. The highest BCUT2D eigenvalue weighted by Gasteiger charge is 2.43. The quantitative estimate of drug-likeness (QED) is 0.290. The monoisotopic (exact) mass is 639 g/mol. The second-order valence-corrected chi connectivity index (χ2v) is 10.5. The van der Waals surface area contributed by atoms with Crippen molar-refractivity contribution in [3.05, 3.63) is 62.9 Å². The van der Waals surface area contributed by atoms with Gasteiger partial charge in [-0.1, -0.05) is 23.2 Å². The number of aryl methyl sites for hydroxylation is 1. The summed E-state index contributed by atoms with van der Waals surface area (Å²) in [6.45, 7) is -0.874. The number of rotatable bonds is 6. The standard InChI is InChI=1S/C26H22Cl2F3N7O5/c1-36-11-34-24-21(25(36)42)14(12-4-13(23(32)41)22(40)15(27)5-12)8-38(24)10-20(39)35-17-6-19(33-7-16(17)28)37-2-3-43-18(9-37)26(29,30)31/h4-8,11,18,40H,2-3,9-10H2,1H3,(H2,32,41)(H,33,35,39). The Balaban J connectivity index is 1.46. The van der Waals surface area contributed by atoms with Crippen molar-refractivity contribution in [3.63, 3.8) is 0 Å². The van der Waals surface area contributed by atoms with Crippen LogP contribution in [0.5, 0.6) is 5.75 Å². The number of ether oxygens (including phenoxy) is 1. The third-order valence-electron chi connectivity index (χ3n) is 6.76. The van der Waals surface area contributed by atoms with Crippen molar-refractivity contribution < 1.29 is 32.6 Å². The number of aromatic hydroxyl groups is 1. The topological polar surface area (TPSA) is 158 Å². The molecule has 1 unspecified atom stereocenters. The van der Waals surface area contributed by atoms with E-state index in [1.54, 1.807) is 0 Å². The summed E-state index contributed by atoms with van der Waals surface area (Å²) in [6.07, 6.45) is -2.61. The normalized spacial score (nSPS) is 15.6. The molecule has 1 fully saturated rings. The molecule has 5 rings (SSSR count). The molecule has 1 aromatic carbocycles. The summed E-state index contributed by atoms with van der Waals surface area (Å²) in [7, 11) is 1.48. The number of benzene rings is 1. The van der Waals surface area contributed by atoms with Crippen molar-refractivity contribution in [1.82, 2.24) is 19.1 Å². The molecule has 0 saturated carbocycles. The number of carbonyl (C=O) groups is 2. The van der Waals surface area contributed by atoms with E-state index in [9.17, 15) is 32.7 Å². The molecule has 1 atom stereocenters. The molecule has 12 nitrogen and oxygen atoms in total. The van der Waals surface area contributed by atoms with Crippen LogP contribution in [-0.4, -0.2) is 68.0 Å². The maximum atomic E-state index is 13.2. The highest BCUT2D eigenvalue weighted by atomic mass is 35.5. The molecule has 4 N–H and O–H groups in total. The van der Waals surface area contributed by atoms with Gasteiger partial charge in [-0.3, -0.25) is 14.4 Å². The van der Waals surface area contributed by atoms with E-state index in [1.807, 2.05) is 0 Å². The summed E-state index contributed by atoms with van der Waals surface area (Å²) in [5, 5.41) is 12.7. The van der Waals surface area contributed by atoms with Gasteiger partial charge in [0.1, 0.15) is 23.8 Å². The van der Waals surface area contributed by atoms with Crippen LogP contribution in [0.2, 0.25) is 10.0 Å². The Morgan fingerprint density at radius 1 is 1.21 bits per heavy atom. The molecule has 43 heavy (non-hydrogen) atoms. The molecule has 17 heteroatoms. The number of phenols is 1. The highest BCUT2D eigenvalue weighted by Crippen LogP contribution is 2.36. The summed E-state index contributed by atoms with van der Waals surface area (Å²) in [6, 6.07) is 3.96. The predicted molar refractivity (Wildman–Crippen MR) is 151 cm³/mol. The molecule has 2 amide bonds. The number of pyridine rings is 1. The molecule has 1 aliphatic heterocycles. The third kappa shape index (κ3) is 5.96. The number of alkyl halides is 3. The van der Waals surface area contributed by atoms with Crippen LogP contribution in [0.25, 0.3) is 22.2 Å². The summed E-state index contributed by atoms with van der Waals surface area (Å²) >= 11 is 12.4. The summed E-state index contributed by atoms with van der Waals surface area (Å²) in [5.41, 5.74) is 5.39. The maximum absolute atomic E-state index is 13.2. The number of primary amides is 1. The first-order chi connectivity index (χ1) is 20.2. The number of nitrogens with zero attached hydrogens (tertiary/aromatic N) is 5. The lowest BCUT2D eigenvalue weighted by Gasteiger charge is -2.34. The lowest BCUT2D eigenvalue weighted by atomic mass is 10.0. The van der Waals surface area contributed by atoms with E-state index in [4.69, 9.17) is 33.7 Å². The predicted octanol–water partition coefficient (Wildman–Crippen LogP) is 3.31. The Bertz CT molecular complexity index is 1830. The van der Waals surface area contributed by atoms with Crippen molar-refractivity contribution in [2.75, 3.05) is 29.9 Å². The molecule has 3 aromatic heterocycles. The van der Waals surface area contributed by atoms with Gasteiger partial charge < -0.3 is 34.9 Å². The number of halogens is 5. The maximum Gasteiger partial charge on any atom is 0.416 e. The van der Waals surface area contributed by atoms with Gasteiger partial charge in [0.2, 0.25) is 5.91 Å². The van der Waals surface area contributed by atoms with Gasteiger partial charge in [-0.05, 0) is 17.7 Å². The second kappa shape index (κ2) is 11.4. The number of carbonyl (C=O) groups excluding carboxylic acids is 2. The number of anilines is 2. The van der Waals surface area contributed by atoms with Gasteiger partial charge in [-0.15, -0.1) is 0 Å². The summed E-state index contributed by atoms with van der Waals surface area (Å²) in [4.78, 5) is 47.9. The van der Waals surface area contributed by atoms with Gasteiger partial charge in [0, 0.05) is 31.4 Å². The smallest absolute Gasteiger partial charge is 0.416 e. The summed E-state index contributed by atoms with van der Waals surface area (Å²) < 4.78 is 47.0. The van der Waals surface area contributed by atoms with E-state index in [1.165, 1.54) is 58.0 Å². The first-order valence-corrected chi connectivity index (χ1v) is 13.3. The largest absolute Gasteiger partial charge is 0.506 e. The van der Waals surface area contributed by atoms with E-state index in [-0.39, 0.29) is 69.0 Å². The van der Waals surface area contributed by atoms with Crippen molar-refractivity contribution in [3.8, 4) is 16.9 Å². The van der Waals surface area contributed by atoms with Crippen LogP contribution < -0.4 is 21.5 Å². The van der Waals surface area contributed by atoms with Crippen molar-refractivity contribution in [1.29, 1.82) is 0 Å².